The van der Waals surface area contributed by atoms with E-state index in [0.29, 0.717) is 12.5 Å². The molecular weight excluding hydrogens is 244 g/mol. The summed E-state index contributed by atoms with van der Waals surface area (Å²) in [6.45, 7) is 8.11. The summed E-state index contributed by atoms with van der Waals surface area (Å²) in [6.07, 6.45) is 1.59. The van der Waals surface area contributed by atoms with Crippen LogP contribution in [0.25, 0.3) is 0 Å². The fourth-order valence-corrected chi connectivity index (χ4v) is 1.82. The molecule has 0 radical (unpaired) electrons. The van der Waals surface area contributed by atoms with Crippen molar-refractivity contribution < 1.29 is 9.90 Å². The van der Waals surface area contributed by atoms with Crippen LogP contribution in [0.2, 0.25) is 0 Å². The fraction of sp³-hybridized carbons (Fsp3) is 0.692. The van der Waals surface area contributed by atoms with E-state index in [-0.39, 0.29) is 5.92 Å². The van der Waals surface area contributed by atoms with Crippen LogP contribution in [0.3, 0.4) is 0 Å². The molecule has 6 heteroatoms. The number of nitrogens with zero attached hydrogens (tertiary/aromatic N) is 3. The lowest BCUT2D eigenvalue weighted by molar-refractivity contribution is -0.142. The predicted octanol–water partition coefficient (Wildman–Crippen LogP) is 1.77. The Labute approximate surface area is 113 Å². The molecule has 0 bridgehead atoms. The summed E-state index contributed by atoms with van der Waals surface area (Å²) < 4.78 is 0. The number of rotatable bonds is 7. The smallest absolute Gasteiger partial charge is 0.308 e. The van der Waals surface area contributed by atoms with Gasteiger partial charge < -0.3 is 10.4 Å². The second-order valence-electron chi connectivity index (χ2n) is 4.81. The Balaban J connectivity index is 2.74. The number of aromatic nitrogens is 3. The summed E-state index contributed by atoms with van der Waals surface area (Å²) in [5, 5.41) is 20.2. The number of hydrogen-bond donors (Lipinski definition) is 2. The van der Waals surface area contributed by atoms with Gasteiger partial charge in [0, 0.05) is 6.54 Å². The number of aryl methyl sites for hydroxylation is 2. The van der Waals surface area contributed by atoms with Crippen molar-refractivity contribution in [2.24, 2.45) is 11.8 Å². The van der Waals surface area contributed by atoms with Gasteiger partial charge in [0.05, 0.1) is 17.3 Å². The highest BCUT2D eigenvalue weighted by Crippen LogP contribution is 2.12. The Morgan fingerprint density at radius 3 is 2.32 bits per heavy atom. The molecular formula is C13H22N4O2. The van der Waals surface area contributed by atoms with Gasteiger partial charge in [0.2, 0.25) is 5.95 Å². The highest BCUT2D eigenvalue weighted by Gasteiger charge is 2.21. The van der Waals surface area contributed by atoms with Crippen molar-refractivity contribution in [2.75, 3.05) is 11.9 Å². The van der Waals surface area contributed by atoms with Crippen molar-refractivity contribution in [3.8, 4) is 0 Å². The molecule has 1 rings (SSSR count). The third kappa shape index (κ3) is 4.15. The number of carboxylic acids is 1. The lowest BCUT2D eigenvalue weighted by Crippen LogP contribution is -2.28. The van der Waals surface area contributed by atoms with Gasteiger partial charge in [-0.1, -0.05) is 27.7 Å². The van der Waals surface area contributed by atoms with Crippen LogP contribution >= 0.6 is 0 Å². The summed E-state index contributed by atoms with van der Waals surface area (Å²) in [6, 6.07) is 0. The fourth-order valence-electron chi connectivity index (χ4n) is 1.82. The summed E-state index contributed by atoms with van der Waals surface area (Å²) in [5.41, 5.74) is 1.81. The minimum absolute atomic E-state index is 0.0542. The van der Waals surface area contributed by atoms with E-state index < -0.39 is 11.9 Å². The van der Waals surface area contributed by atoms with E-state index in [9.17, 15) is 4.79 Å². The molecule has 1 unspecified atom stereocenters. The molecule has 1 aromatic heterocycles. The van der Waals surface area contributed by atoms with Crippen LogP contribution < -0.4 is 5.32 Å². The van der Waals surface area contributed by atoms with Crippen LogP contribution in [0.4, 0.5) is 5.95 Å². The SMILES string of the molecule is CCc1nnc(NCC(C(=O)O)C(C)C)nc1CC. The molecule has 1 aromatic rings. The largest absolute Gasteiger partial charge is 0.481 e. The second-order valence-corrected chi connectivity index (χ2v) is 4.81. The van der Waals surface area contributed by atoms with Gasteiger partial charge in [-0.3, -0.25) is 4.79 Å². The molecule has 0 aliphatic carbocycles. The highest BCUT2D eigenvalue weighted by atomic mass is 16.4. The van der Waals surface area contributed by atoms with Gasteiger partial charge in [0.15, 0.2) is 0 Å². The van der Waals surface area contributed by atoms with Gasteiger partial charge in [-0.2, -0.15) is 5.10 Å². The van der Waals surface area contributed by atoms with Crippen LogP contribution in [0.1, 0.15) is 39.1 Å². The molecule has 0 aliphatic rings. The first kappa shape index (κ1) is 15.3. The number of carbonyl (C=O) groups is 1. The van der Waals surface area contributed by atoms with Crippen molar-refractivity contribution in [2.45, 2.75) is 40.5 Å². The molecule has 0 saturated carbocycles. The topological polar surface area (TPSA) is 88.0 Å². The zero-order valence-electron chi connectivity index (χ0n) is 12.0. The Morgan fingerprint density at radius 2 is 1.84 bits per heavy atom. The molecule has 0 saturated heterocycles. The molecule has 0 aromatic carbocycles. The monoisotopic (exact) mass is 266 g/mol. The number of hydrogen-bond acceptors (Lipinski definition) is 5. The predicted molar refractivity (Wildman–Crippen MR) is 73.0 cm³/mol. The minimum Gasteiger partial charge on any atom is -0.481 e. The standard InChI is InChI=1S/C13H22N4O2/c1-5-10-11(6-2)16-17-13(15-10)14-7-9(8(3)4)12(18)19/h8-9H,5-7H2,1-4H3,(H,18,19)(H,14,15,17). The van der Waals surface area contributed by atoms with Crippen LogP contribution in [-0.2, 0) is 17.6 Å². The van der Waals surface area contributed by atoms with Crippen LogP contribution in [0.5, 0.6) is 0 Å². The molecule has 6 nitrogen and oxygen atoms in total. The Hall–Kier alpha value is -1.72. The van der Waals surface area contributed by atoms with Crippen LogP contribution in [0, 0.1) is 11.8 Å². The van der Waals surface area contributed by atoms with Crippen molar-refractivity contribution in [3.63, 3.8) is 0 Å². The average Bonchev–Trinajstić information content (AvgIpc) is 2.37. The second kappa shape index (κ2) is 7.01. The normalized spacial score (nSPS) is 12.5. The third-order valence-electron chi connectivity index (χ3n) is 3.11. The molecule has 106 valence electrons. The Bertz CT molecular complexity index is 435. The van der Waals surface area contributed by atoms with Crippen LogP contribution in [0.15, 0.2) is 0 Å². The van der Waals surface area contributed by atoms with E-state index in [0.717, 1.165) is 24.2 Å². The Morgan fingerprint density at radius 1 is 1.21 bits per heavy atom. The minimum atomic E-state index is -0.809. The van der Waals surface area contributed by atoms with Gasteiger partial charge in [0.1, 0.15) is 0 Å². The molecule has 0 spiro atoms. The molecule has 1 heterocycles. The van der Waals surface area contributed by atoms with E-state index in [1.54, 1.807) is 0 Å². The first-order valence-corrected chi connectivity index (χ1v) is 6.68. The highest BCUT2D eigenvalue weighted by molar-refractivity contribution is 5.71. The van der Waals surface area contributed by atoms with Crippen molar-refractivity contribution in [1.29, 1.82) is 0 Å². The van der Waals surface area contributed by atoms with Crippen molar-refractivity contribution in [3.05, 3.63) is 11.4 Å². The summed E-state index contributed by atoms with van der Waals surface area (Å²) in [5.74, 6) is -0.810. The van der Waals surface area contributed by atoms with Gasteiger partial charge in [-0.15, -0.1) is 5.10 Å². The number of aliphatic carboxylic acids is 1. The summed E-state index contributed by atoms with van der Waals surface area (Å²) >= 11 is 0. The van der Waals surface area contributed by atoms with Gasteiger partial charge in [0.25, 0.3) is 0 Å². The van der Waals surface area contributed by atoms with Gasteiger partial charge >= 0.3 is 5.97 Å². The van der Waals surface area contributed by atoms with Gasteiger partial charge in [-0.05, 0) is 18.8 Å². The van der Waals surface area contributed by atoms with E-state index in [1.807, 2.05) is 27.7 Å². The molecule has 0 fully saturated rings. The number of nitrogens with one attached hydrogen (secondary N) is 1. The maximum absolute atomic E-state index is 11.1. The quantitative estimate of drug-likeness (QED) is 0.782. The van der Waals surface area contributed by atoms with E-state index in [4.69, 9.17) is 5.11 Å². The third-order valence-corrected chi connectivity index (χ3v) is 3.11. The van der Waals surface area contributed by atoms with E-state index >= 15 is 0 Å². The van der Waals surface area contributed by atoms with E-state index in [2.05, 4.69) is 20.5 Å². The maximum Gasteiger partial charge on any atom is 0.308 e. The maximum atomic E-state index is 11.1. The van der Waals surface area contributed by atoms with Crippen LogP contribution in [-0.4, -0.2) is 32.8 Å². The van der Waals surface area contributed by atoms with Gasteiger partial charge in [-0.25, -0.2) is 4.98 Å². The van der Waals surface area contributed by atoms with E-state index in [1.165, 1.54) is 0 Å². The number of anilines is 1. The first-order chi connectivity index (χ1) is 8.99. The average molecular weight is 266 g/mol. The van der Waals surface area contributed by atoms with Crippen molar-refractivity contribution in [1.82, 2.24) is 15.2 Å². The molecule has 0 amide bonds. The molecule has 1 atom stereocenters. The summed E-state index contributed by atoms with van der Waals surface area (Å²) in [4.78, 5) is 15.5. The zero-order valence-corrected chi connectivity index (χ0v) is 12.0. The lowest BCUT2D eigenvalue weighted by Gasteiger charge is -2.16. The molecule has 2 N–H and O–H groups in total. The number of carboxylic acid groups (broad SMARTS) is 1. The lowest BCUT2D eigenvalue weighted by atomic mass is 9.96. The van der Waals surface area contributed by atoms with Crippen molar-refractivity contribution >= 4 is 11.9 Å². The molecule has 19 heavy (non-hydrogen) atoms. The Kier molecular flexibility index (Phi) is 5.66. The zero-order chi connectivity index (χ0) is 14.4. The first-order valence-electron chi connectivity index (χ1n) is 6.68. The molecule has 0 aliphatic heterocycles. The summed E-state index contributed by atoms with van der Waals surface area (Å²) in [7, 11) is 0.